The lowest BCUT2D eigenvalue weighted by Gasteiger charge is -2.37. The molecule has 0 aromatic heterocycles. The van der Waals surface area contributed by atoms with Gasteiger partial charge in [-0.15, -0.1) is 0 Å². The lowest BCUT2D eigenvalue weighted by molar-refractivity contribution is 0.0992. The van der Waals surface area contributed by atoms with E-state index >= 15 is 0 Å². The number of nitrogens with zero attached hydrogens (tertiary/aromatic N) is 2. The molecule has 0 bridgehead atoms. The maximum absolute atomic E-state index is 10.2. The maximum Gasteiger partial charge on any atom is 0.162 e. The summed E-state index contributed by atoms with van der Waals surface area (Å²) < 4.78 is 5.43. The van der Waals surface area contributed by atoms with Gasteiger partial charge in [0.2, 0.25) is 0 Å². The van der Waals surface area contributed by atoms with Crippen LogP contribution in [0.5, 0.6) is 11.5 Å². The first-order valence-corrected chi connectivity index (χ1v) is 6.98. The molecule has 1 N–H and O–H groups in total. The molecule has 4 nitrogen and oxygen atoms in total. The number of rotatable bonds is 4. The summed E-state index contributed by atoms with van der Waals surface area (Å²) in [4.78, 5) is 4.75. The van der Waals surface area contributed by atoms with Gasteiger partial charge in [-0.3, -0.25) is 4.90 Å². The van der Waals surface area contributed by atoms with Gasteiger partial charge in [0, 0.05) is 37.8 Å². The molecule has 19 heavy (non-hydrogen) atoms. The number of phenols is 1. The highest BCUT2D eigenvalue weighted by Gasteiger charge is 2.21. The molecule has 1 aliphatic rings. The molecule has 1 aliphatic heterocycles. The number of aromatic hydroxyl groups is 1. The van der Waals surface area contributed by atoms with Gasteiger partial charge in [0.25, 0.3) is 0 Å². The zero-order chi connectivity index (χ0) is 13.8. The highest BCUT2D eigenvalue weighted by Crippen LogP contribution is 2.30. The van der Waals surface area contributed by atoms with Crippen LogP contribution in [0.3, 0.4) is 0 Å². The summed E-state index contributed by atoms with van der Waals surface area (Å²) in [5.41, 5.74) is 0.947. The molecule has 1 heterocycles. The molecule has 1 fully saturated rings. The zero-order valence-electron chi connectivity index (χ0n) is 12.1. The highest BCUT2D eigenvalue weighted by atomic mass is 16.5. The lowest BCUT2D eigenvalue weighted by atomic mass is 10.1. The molecule has 1 saturated heterocycles. The third-order valence-electron chi connectivity index (χ3n) is 3.82. The van der Waals surface area contributed by atoms with E-state index < -0.39 is 0 Å². The van der Waals surface area contributed by atoms with Crippen molar-refractivity contribution in [3.63, 3.8) is 0 Å². The minimum atomic E-state index is 0.288. The van der Waals surface area contributed by atoms with Gasteiger partial charge < -0.3 is 14.7 Å². The second kappa shape index (κ2) is 6.26. The third-order valence-corrected chi connectivity index (χ3v) is 3.82. The molecule has 2 rings (SSSR count). The minimum absolute atomic E-state index is 0.288. The van der Waals surface area contributed by atoms with E-state index in [1.807, 2.05) is 25.1 Å². The van der Waals surface area contributed by atoms with Gasteiger partial charge in [-0.1, -0.05) is 12.1 Å². The monoisotopic (exact) mass is 264 g/mol. The van der Waals surface area contributed by atoms with Crippen molar-refractivity contribution in [2.45, 2.75) is 26.4 Å². The molecular weight excluding hydrogens is 240 g/mol. The van der Waals surface area contributed by atoms with E-state index in [0.717, 1.165) is 31.7 Å². The summed E-state index contributed by atoms with van der Waals surface area (Å²) >= 11 is 0. The van der Waals surface area contributed by atoms with Crippen LogP contribution < -0.4 is 4.74 Å². The van der Waals surface area contributed by atoms with Crippen molar-refractivity contribution in [3.8, 4) is 11.5 Å². The zero-order valence-corrected chi connectivity index (χ0v) is 12.1. The SMILES string of the molecule is CCOc1cccc(CN2CCN(C)C(C)C2)c1O. The molecular formula is C15H24N2O2. The predicted octanol–water partition coefficient (Wildman–Crippen LogP) is 1.93. The summed E-state index contributed by atoms with van der Waals surface area (Å²) in [5.74, 6) is 0.873. The van der Waals surface area contributed by atoms with E-state index in [0.29, 0.717) is 18.4 Å². The van der Waals surface area contributed by atoms with Crippen LogP contribution >= 0.6 is 0 Å². The molecule has 106 valence electrons. The van der Waals surface area contributed by atoms with Crippen LogP contribution in [-0.2, 0) is 6.54 Å². The first-order chi connectivity index (χ1) is 9.11. The summed E-state index contributed by atoms with van der Waals surface area (Å²) in [6.45, 7) is 8.67. The fraction of sp³-hybridized carbons (Fsp3) is 0.600. The summed E-state index contributed by atoms with van der Waals surface area (Å²) in [5, 5.41) is 10.2. The Bertz CT molecular complexity index is 423. The average molecular weight is 264 g/mol. The number of benzene rings is 1. The molecule has 1 unspecified atom stereocenters. The number of phenolic OH excluding ortho intramolecular Hbond substituents is 1. The minimum Gasteiger partial charge on any atom is -0.504 e. The Morgan fingerprint density at radius 2 is 2.16 bits per heavy atom. The van der Waals surface area contributed by atoms with Crippen LogP contribution in [0, 0.1) is 0 Å². The lowest BCUT2D eigenvalue weighted by Crippen LogP contribution is -2.49. The van der Waals surface area contributed by atoms with Crippen LogP contribution in [0.15, 0.2) is 18.2 Å². The van der Waals surface area contributed by atoms with Gasteiger partial charge in [-0.2, -0.15) is 0 Å². The van der Waals surface area contributed by atoms with Crippen LogP contribution in [0.4, 0.5) is 0 Å². The number of hydrogen-bond donors (Lipinski definition) is 1. The van der Waals surface area contributed by atoms with Crippen LogP contribution in [0.1, 0.15) is 19.4 Å². The first-order valence-electron chi connectivity index (χ1n) is 6.98. The fourth-order valence-corrected chi connectivity index (χ4v) is 2.48. The Hall–Kier alpha value is -1.26. The fourth-order valence-electron chi connectivity index (χ4n) is 2.48. The van der Waals surface area contributed by atoms with Crippen LogP contribution in [0.25, 0.3) is 0 Å². The first kappa shape index (κ1) is 14.2. The predicted molar refractivity (Wildman–Crippen MR) is 76.6 cm³/mol. The maximum atomic E-state index is 10.2. The number of ether oxygens (including phenoxy) is 1. The van der Waals surface area contributed by atoms with Gasteiger partial charge in [0.05, 0.1) is 6.61 Å². The van der Waals surface area contributed by atoms with Crippen molar-refractivity contribution in [1.29, 1.82) is 0 Å². The second-order valence-corrected chi connectivity index (χ2v) is 5.26. The smallest absolute Gasteiger partial charge is 0.162 e. The van der Waals surface area contributed by atoms with Crippen LogP contribution in [0.2, 0.25) is 0 Å². The van der Waals surface area contributed by atoms with E-state index in [9.17, 15) is 5.11 Å². The normalized spacial score (nSPS) is 21.5. The Labute approximate surface area is 115 Å². The van der Waals surface area contributed by atoms with E-state index in [4.69, 9.17) is 4.74 Å². The molecule has 0 radical (unpaired) electrons. The van der Waals surface area contributed by atoms with Crippen molar-refractivity contribution in [2.75, 3.05) is 33.3 Å². The van der Waals surface area contributed by atoms with E-state index in [-0.39, 0.29) is 5.75 Å². The van der Waals surface area contributed by atoms with Gasteiger partial charge in [0.1, 0.15) is 0 Å². The van der Waals surface area contributed by atoms with Crippen molar-refractivity contribution >= 4 is 0 Å². The number of hydrogen-bond acceptors (Lipinski definition) is 4. The summed E-state index contributed by atoms with van der Waals surface area (Å²) in [7, 11) is 2.16. The van der Waals surface area contributed by atoms with Gasteiger partial charge in [0.15, 0.2) is 11.5 Å². The van der Waals surface area contributed by atoms with E-state index in [2.05, 4.69) is 23.8 Å². The van der Waals surface area contributed by atoms with Gasteiger partial charge in [-0.05, 0) is 27.0 Å². The molecule has 0 amide bonds. The molecule has 1 atom stereocenters. The average Bonchev–Trinajstić information content (AvgIpc) is 2.39. The summed E-state index contributed by atoms with van der Waals surface area (Å²) in [6.07, 6.45) is 0. The van der Waals surface area contributed by atoms with Crippen molar-refractivity contribution in [1.82, 2.24) is 9.80 Å². The Balaban J connectivity index is 2.05. The van der Waals surface area contributed by atoms with E-state index in [1.54, 1.807) is 0 Å². The van der Waals surface area contributed by atoms with Gasteiger partial charge >= 0.3 is 0 Å². The van der Waals surface area contributed by atoms with Crippen molar-refractivity contribution < 1.29 is 9.84 Å². The molecule has 1 aromatic rings. The Morgan fingerprint density at radius 3 is 2.84 bits per heavy atom. The third kappa shape index (κ3) is 3.39. The summed E-state index contributed by atoms with van der Waals surface area (Å²) in [6, 6.07) is 6.29. The number of piperazine rings is 1. The van der Waals surface area contributed by atoms with Crippen molar-refractivity contribution in [2.24, 2.45) is 0 Å². The number of likely N-dealkylation sites (N-methyl/N-ethyl adjacent to an activating group) is 1. The highest BCUT2D eigenvalue weighted by molar-refractivity contribution is 5.45. The molecule has 0 aliphatic carbocycles. The second-order valence-electron chi connectivity index (χ2n) is 5.26. The topological polar surface area (TPSA) is 35.9 Å². The van der Waals surface area contributed by atoms with E-state index in [1.165, 1.54) is 0 Å². The Morgan fingerprint density at radius 1 is 1.37 bits per heavy atom. The molecule has 0 saturated carbocycles. The van der Waals surface area contributed by atoms with Crippen LogP contribution in [-0.4, -0.2) is 54.2 Å². The Kier molecular flexibility index (Phi) is 4.66. The van der Waals surface area contributed by atoms with Crippen molar-refractivity contribution in [3.05, 3.63) is 23.8 Å². The quantitative estimate of drug-likeness (QED) is 0.901. The number of para-hydroxylation sites is 1. The standard InChI is InChI=1S/C15H24N2O2/c1-4-19-14-7-5-6-13(15(14)18)11-17-9-8-16(3)12(2)10-17/h5-7,12,18H,4,8-11H2,1-3H3. The largest absolute Gasteiger partial charge is 0.504 e. The molecule has 4 heteroatoms. The molecule has 1 aromatic carbocycles. The molecule has 0 spiro atoms. The van der Waals surface area contributed by atoms with Gasteiger partial charge in [-0.25, -0.2) is 0 Å².